The van der Waals surface area contributed by atoms with Crippen molar-refractivity contribution in [1.29, 1.82) is 0 Å². The topological polar surface area (TPSA) is 28.7 Å². The summed E-state index contributed by atoms with van der Waals surface area (Å²) < 4.78 is 27.0. The Kier molecular flexibility index (Phi) is 2.78. The van der Waals surface area contributed by atoms with E-state index in [4.69, 9.17) is 12.2 Å². The fourth-order valence-electron chi connectivity index (χ4n) is 1.45. The maximum Gasteiger partial charge on any atom is 0.197 e. The summed E-state index contributed by atoms with van der Waals surface area (Å²) in [5.74, 6) is -0.935. The van der Waals surface area contributed by atoms with Crippen LogP contribution in [0, 0.1) is 23.3 Å². The highest BCUT2D eigenvalue weighted by Gasteiger charge is 2.10. The molecule has 0 aliphatic rings. The maximum absolute atomic E-state index is 13.5. The summed E-state index contributed by atoms with van der Waals surface area (Å²) in [6.45, 7) is 1.58. The van der Waals surface area contributed by atoms with Crippen molar-refractivity contribution in [3.8, 4) is 11.3 Å². The van der Waals surface area contributed by atoms with Gasteiger partial charge in [0.2, 0.25) is 0 Å². The number of hydrogen-bond acceptors (Lipinski definition) is 2. The van der Waals surface area contributed by atoms with Gasteiger partial charge >= 0.3 is 0 Å². The molecule has 1 N–H and O–H groups in total. The van der Waals surface area contributed by atoms with Crippen molar-refractivity contribution in [1.82, 2.24) is 9.97 Å². The number of aromatic amines is 1. The minimum absolute atomic E-state index is 0.164. The molecule has 2 rings (SSSR count). The van der Waals surface area contributed by atoms with Gasteiger partial charge in [-0.2, -0.15) is 0 Å². The molecule has 82 valence electrons. The summed E-state index contributed by atoms with van der Waals surface area (Å²) in [5, 5.41) is 0. The molecule has 0 unspecified atom stereocenters. The van der Waals surface area contributed by atoms with Gasteiger partial charge in [0.15, 0.2) is 10.6 Å². The third kappa shape index (κ3) is 1.86. The molecule has 1 aromatic carbocycles. The molecule has 0 fully saturated rings. The molecule has 0 amide bonds. The fourth-order valence-corrected chi connectivity index (χ4v) is 1.61. The minimum atomic E-state index is -0.553. The number of benzene rings is 1. The van der Waals surface area contributed by atoms with E-state index >= 15 is 0 Å². The molecule has 0 aliphatic carbocycles. The van der Waals surface area contributed by atoms with Gasteiger partial charge in [0.25, 0.3) is 0 Å². The van der Waals surface area contributed by atoms with Crippen molar-refractivity contribution >= 4 is 12.2 Å². The van der Waals surface area contributed by atoms with Gasteiger partial charge in [0.1, 0.15) is 5.82 Å². The molecule has 0 bridgehead atoms. The first-order valence-corrected chi connectivity index (χ1v) is 5.00. The van der Waals surface area contributed by atoms with Gasteiger partial charge in [-0.1, -0.05) is 12.1 Å². The molecule has 1 aromatic heterocycles. The molecule has 0 radical (unpaired) electrons. The van der Waals surface area contributed by atoms with Gasteiger partial charge in [-0.15, -0.1) is 0 Å². The van der Waals surface area contributed by atoms with Crippen molar-refractivity contribution in [2.45, 2.75) is 6.92 Å². The van der Waals surface area contributed by atoms with Crippen LogP contribution in [0.25, 0.3) is 11.3 Å². The average Bonchev–Trinajstić information content (AvgIpc) is 2.26. The normalized spacial score (nSPS) is 10.4. The molecule has 0 atom stereocenters. The first-order chi connectivity index (χ1) is 7.59. The Morgan fingerprint density at radius 1 is 1.25 bits per heavy atom. The Morgan fingerprint density at radius 3 is 2.75 bits per heavy atom. The van der Waals surface area contributed by atoms with E-state index in [1.54, 1.807) is 13.0 Å². The predicted molar refractivity (Wildman–Crippen MR) is 59.5 cm³/mol. The van der Waals surface area contributed by atoms with Crippen LogP contribution in [0.2, 0.25) is 0 Å². The van der Waals surface area contributed by atoms with Crippen molar-refractivity contribution in [3.05, 3.63) is 46.4 Å². The van der Waals surface area contributed by atoms with Crippen LogP contribution in [0.15, 0.2) is 24.4 Å². The van der Waals surface area contributed by atoms with Crippen molar-refractivity contribution in [2.75, 3.05) is 0 Å². The third-order valence-corrected chi connectivity index (χ3v) is 2.51. The second kappa shape index (κ2) is 4.09. The van der Waals surface area contributed by atoms with E-state index in [9.17, 15) is 8.78 Å². The molecule has 0 saturated heterocycles. The van der Waals surface area contributed by atoms with E-state index in [2.05, 4.69) is 9.97 Å². The van der Waals surface area contributed by atoms with Crippen LogP contribution < -0.4 is 0 Å². The highest BCUT2D eigenvalue weighted by molar-refractivity contribution is 7.71. The smallest absolute Gasteiger partial charge is 0.197 e. The predicted octanol–water partition coefficient (Wildman–Crippen LogP) is 3.39. The van der Waals surface area contributed by atoms with Crippen molar-refractivity contribution < 1.29 is 8.78 Å². The summed E-state index contributed by atoms with van der Waals surface area (Å²) >= 11 is 4.81. The molecule has 16 heavy (non-hydrogen) atoms. The molecule has 5 heteroatoms. The van der Waals surface area contributed by atoms with E-state index in [0.717, 1.165) is 6.20 Å². The Bertz CT molecular complexity index is 593. The van der Waals surface area contributed by atoms with Gasteiger partial charge < -0.3 is 4.98 Å². The molecule has 2 aromatic rings. The van der Waals surface area contributed by atoms with Crippen LogP contribution in [-0.4, -0.2) is 9.97 Å². The maximum atomic E-state index is 13.5. The van der Waals surface area contributed by atoms with Gasteiger partial charge in [-0.3, -0.25) is 0 Å². The minimum Gasteiger partial charge on any atom is -0.328 e. The number of nitrogens with one attached hydrogen (secondary N) is 1. The van der Waals surface area contributed by atoms with E-state index in [1.165, 1.54) is 12.1 Å². The lowest BCUT2D eigenvalue weighted by Crippen LogP contribution is -1.95. The number of hydrogen-bond donors (Lipinski definition) is 1. The SMILES string of the molecule is Cc1c(F)cccc1-c1[nH]c(=S)ncc1F. The zero-order chi connectivity index (χ0) is 11.7. The molecule has 0 spiro atoms. The van der Waals surface area contributed by atoms with Crippen LogP contribution >= 0.6 is 12.2 Å². The molecule has 2 nitrogen and oxygen atoms in total. The van der Waals surface area contributed by atoms with Crippen LogP contribution in [-0.2, 0) is 0 Å². The Hall–Kier alpha value is -1.62. The van der Waals surface area contributed by atoms with E-state index in [-0.39, 0.29) is 16.3 Å². The zero-order valence-electron chi connectivity index (χ0n) is 8.42. The molecular weight excluding hydrogens is 230 g/mol. The zero-order valence-corrected chi connectivity index (χ0v) is 9.24. The number of H-pyrrole nitrogens is 1. The lowest BCUT2D eigenvalue weighted by molar-refractivity contribution is 0.611. The molecule has 0 aliphatic heterocycles. The lowest BCUT2D eigenvalue weighted by Gasteiger charge is -2.07. The van der Waals surface area contributed by atoms with Crippen LogP contribution in [0.4, 0.5) is 8.78 Å². The van der Waals surface area contributed by atoms with Gasteiger partial charge in [0, 0.05) is 5.56 Å². The lowest BCUT2D eigenvalue weighted by atomic mass is 10.1. The number of nitrogens with zero attached hydrogens (tertiary/aromatic N) is 1. The van der Waals surface area contributed by atoms with E-state index < -0.39 is 5.82 Å². The standard InChI is InChI=1S/C11H8F2N2S/c1-6-7(3-2-4-8(6)12)10-9(13)5-14-11(16)15-10/h2-5H,1H3,(H,14,15,16). The highest BCUT2D eigenvalue weighted by Crippen LogP contribution is 2.24. The molecular formula is C11H8F2N2S. The Balaban J connectivity index is 2.72. The van der Waals surface area contributed by atoms with Crippen molar-refractivity contribution in [3.63, 3.8) is 0 Å². The average molecular weight is 238 g/mol. The summed E-state index contributed by atoms with van der Waals surface area (Å²) in [4.78, 5) is 6.23. The Labute approximate surface area is 96.0 Å². The summed E-state index contributed by atoms with van der Waals surface area (Å²) in [6, 6.07) is 4.48. The number of halogens is 2. The van der Waals surface area contributed by atoms with E-state index in [0.29, 0.717) is 11.1 Å². The van der Waals surface area contributed by atoms with Crippen LogP contribution in [0.1, 0.15) is 5.56 Å². The second-order valence-electron chi connectivity index (χ2n) is 3.32. The quantitative estimate of drug-likeness (QED) is 0.771. The van der Waals surface area contributed by atoms with E-state index in [1.807, 2.05) is 0 Å². The van der Waals surface area contributed by atoms with Gasteiger partial charge in [0.05, 0.1) is 11.9 Å². The fraction of sp³-hybridized carbons (Fsp3) is 0.0909. The first-order valence-electron chi connectivity index (χ1n) is 4.60. The third-order valence-electron chi connectivity index (χ3n) is 2.30. The summed E-state index contributed by atoms with van der Waals surface area (Å²) in [5.41, 5.74) is 0.987. The second-order valence-corrected chi connectivity index (χ2v) is 3.71. The van der Waals surface area contributed by atoms with Gasteiger partial charge in [-0.05, 0) is 30.8 Å². The summed E-state index contributed by atoms with van der Waals surface area (Å²) in [7, 11) is 0. The summed E-state index contributed by atoms with van der Waals surface area (Å²) in [6.07, 6.45) is 1.03. The van der Waals surface area contributed by atoms with Crippen LogP contribution in [0.3, 0.4) is 0 Å². The molecule has 1 heterocycles. The van der Waals surface area contributed by atoms with Crippen molar-refractivity contribution in [2.24, 2.45) is 0 Å². The Morgan fingerprint density at radius 2 is 2.00 bits per heavy atom. The largest absolute Gasteiger partial charge is 0.328 e. The number of aromatic nitrogens is 2. The van der Waals surface area contributed by atoms with Crippen LogP contribution in [0.5, 0.6) is 0 Å². The molecule has 0 saturated carbocycles. The highest BCUT2D eigenvalue weighted by atomic mass is 32.1. The monoisotopic (exact) mass is 238 g/mol. The van der Waals surface area contributed by atoms with Gasteiger partial charge in [-0.25, -0.2) is 13.8 Å². The first kappa shape index (κ1) is 10.9. The number of rotatable bonds is 1.